The van der Waals surface area contributed by atoms with Crippen LogP contribution in [-0.4, -0.2) is 17.8 Å². The van der Waals surface area contributed by atoms with Crippen molar-refractivity contribution in [3.05, 3.63) is 58.4 Å². The highest BCUT2D eigenvalue weighted by Crippen LogP contribution is 2.19. The summed E-state index contributed by atoms with van der Waals surface area (Å²) in [6.07, 6.45) is 0. The van der Waals surface area contributed by atoms with Crippen molar-refractivity contribution in [2.24, 2.45) is 0 Å². The fourth-order valence-corrected chi connectivity index (χ4v) is 2.53. The van der Waals surface area contributed by atoms with E-state index in [1.165, 1.54) is 23.3 Å². The van der Waals surface area contributed by atoms with Crippen LogP contribution in [0.5, 0.6) is 5.75 Å². The van der Waals surface area contributed by atoms with Gasteiger partial charge in [-0.25, -0.2) is 4.39 Å². The molecule has 3 nitrogen and oxygen atoms in total. The first-order valence-electron chi connectivity index (χ1n) is 7.58. The van der Waals surface area contributed by atoms with Gasteiger partial charge in [0.2, 0.25) is 0 Å². The van der Waals surface area contributed by atoms with E-state index in [4.69, 9.17) is 28.6 Å². The fourth-order valence-electron chi connectivity index (χ4n) is 2.03. The van der Waals surface area contributed by atoms with Crippen molar-refractivity contribution in [2.45, 2.75) is 26.8 Å². The molecule has 0 aromatic heterocycles. The Morgan fingerprint density at radius 1 is 1.21 bits per heavy atom. The van der Waals surface area contributed by atoms with Crippen LogP contribution in [0.1, 0.15) is 18.1 Å². The average Bonchev–Trinajstić information content (AvgIpc) is 2.52. The summed E-state index contributed by atoms with van der Waals surface area (Å²) in [6.45, 7) is 6.55. The van der Waals surface area contributed by atoms with Crippen LogP contribution < -0.4 is 15.4 Å². The zero-order chi connectivity index (χ0) is 17.7. The van der Waals surface area contributed by atoms with Gasteiger partial charge in [-0.2, -0.15) is 0 Å². The molecule has 0 radical (unpaired) electrons. The first-order chi connectivity index (χ1) is 11.3. The van der Waals surface area contributed by atoms with E-state index in [1.807, 2.05) is 25.1 Å². The van der Waals surface area contributed by atoms with Gasteiger partial charge in [0.05, 0.1) is 11.1 Å². The maximum atomic E-state index is 13.1. The molecular weight excluding hydrogens is 347 g/mol. The van der Waals surface area contributed by atoms with E-state index < -0.39 is 5.82 Å². The van der Waals surface area contributed by atoms with Crippen LogP contribution in [0.4, 0.5) is 10.1 Å². The third kappa shape index (κ3) is 5.35. The Morgan fingerprint density at radius 3 is 2.62 bits per heavy atom. The van der Waals surface area contributed by atoms with Crippen LogP contribution in [0, 0.1) is 19.7 Å². The van der Waals surface area contributed by atoms with E-state index >= 15 is 0 Å². The molecular formula is C18H20ClFN2OS. The quantitative estimate of drug-likeness (QED) is 0.741. The van der Waals surface area contributed by atoms with Crippen molar-refractivity contribution in [1.29, 1.82) is 0 Å². The molecule has 0 fully saturated rings. The predicted molar refractivity (Wildman–Crippen MR) is 102 cm³/mol. The Labute approximate surface area is 152 Å². The van der Waals surface area contributed by atoms with Crippen molar-refractivity contribution in [2.75, 3.05) is 11.9 Å². The molecule has 0 bridgehead atoms. The van der Waals surface area contributed by atoms with Gasteiger partial charge in [0, 0.05) is 5.69 Å². The molecule has 2 N–H and O–H groups in total. The maximum Gasteiger partial charge on any atom is 0.171 e. The van der Waals surface area contributed by atoms with Crippen LogP contribution in [0.25, 0.3) is 0 Å². The lowest BCUT2D eigenvalue weighted by atomic mass is 10.1. The Balaban J connectivity index is 1.82. The van der Waals surface area contributed by atoms with Gasteiger partial charge in [0.25, 0.3) is 0 Å². The van der Waals surface area contributed by atoms with Crippen LogP contribution in [0.3, 0.4) is 0 Å². The first kappa shape index (κ1) is 18.5. The van der Waals surface area contributed by atoms with Gasteiger partial charge in [-0.05, 0) is 74.4 Å². The fraction of sp³-hybridized carbons (Fsp3) is 0.278. The molecule has 0 unspecified atom stereocenters. The number of rotatable bonds is 5. The van der Waals surface area contributed by atoms with Gasteiger partial charge >= 0.3 is 0 Å². The van der Waals surface area contributed by atoms with Crippen molar-refractivity contribution in [3.8, 4) is 5.75 Å². The zero-order valence-corrected chi connectivity index (χ0v) is 15.4. The molecule has 2 aromatic carbocycles. The molecule has 0 saturated carbocycles. The zero-order valence-electron chi connectivity index (χ0n) is 13.8. The summed E-state index contributed by atoms with van der Waals surface area (Å²) in [6, 6.07) is 10.4. The van der Waals surface area contributed by atoms with Crippen molar-refractivity contribution in [3.63, 3.8) is 0 Å². The minimum absolute atomic E-state index is 0.00234. The van der Waals surface area contributed by atoms with E-state index in [0.717, 1.165) is 5.75 Å². The van der Waals surface area contributed by atoms with Gasteiger partial charge in [-0.1, -0.05) is 17.7 Å². The van der Waals surface area contributed by atoms with Crippen molar-refractivity contribution >= 4 is 34.6 Å². The third-order valence-corrected chi connectivity index (χ3v) is 4.04. The Hall–Kier alpha value is -1.85. The highest BCUT2D eigenvalue weighted by molar-refractivity contribution is 7.80. The van der Waals surface area contributed by atoms with Crippen LogP contribution in [0.15, 0.2) is 36.4 Å². The number of halogens is 2. The van der Waals surface area contributed by atoms with Crippen LogP contribution in [-0.2, 0) is 0 Å². The van der Waals surface area contributed by atoms with E-state index in [-0.39, 0.29) is 11.1 Å². The second kappa shape index (κ2) is 8.31. The highest BCUT2D eigenvalue weighted by atomic mass is 35.5. The van der Waals surface area contributed by atoms with E-state index in [1.54, 1.807) is 6.07 Å². The summed E-state index contributed by atoms with van der Waals surface area (Å²) in [5.74, 6) is 0.368. The number of hydrogen-bond acceptors (Lipinski definition) is 2. The van der Waals surface area contributed by atoms with Crippen molar-refractivity contribution < 1.29 is 9.13 Å². The topological polar surface area (TPSA) is 33.3 Å². The first-order valence-corrected chi connectivity index (χ1v) is 8.36. The number of aryl methyl sites for hydroxylation is 2. The van der Waals surface area contributed by atoms with Crippen LogP contribution >= 0.6 is 23.8 Å². The molecule has 0 aliphatic carbocycles. The smallest absolute Gasteiger partial charge is 0.171 e. The molecule has 0 spiro atoms. The minimum Gasteiger partial charge on any atom is -0.491 e. The molecule has 2 aromatic rings. The molecule has 6 heteroatoms. The van der Waals surface area contributed by atoms with Gasteiger partial charge in [0.15, 0.2) is 5.11 Å². The van der Waals surface area contributed by atoms with Gasteiger partial charge in [-0.15, -0.1) is 0 Å². The lowest BCUT2D eigenvalue weighted by Crippen LogP contribution is -2.39. The average molecular weight is 367 g/mol. The number of nitrogens with one attached hydrogen (secondary N) is 2. The van der Waals surface area contributed by atoms with E-state index in [9.17, 15) is 4.39 Å². The van der Waals surface area contributed by atoms with Crippen molar-refractivity contribution in [1.82, 2.24) is 5.32 Å². The lowest BCUT2D eigenvalue weighted by molar-refractivity contribution is 0.287. The number of thiocarbonyl (C=S) groups is 1. The summed E-state index contributed by atoms with van der Waals surface area (Å²) < 4.78 is 18.9. The second-order valence-corrected chi connectivity index (χ2v) is 6.50. The molecule has 0 amide bonds. The van der Waals surface area contributed by atoms with E-state index in [0.29, 0.717) is 17.4 Å². The summed E-state index contributed by atoms with van der Waals surface area (Å²) >= 11 is 11.0. The third-order valence-electron chi connectivity index (χ3n) is 3.53. The number of anilines is 1. The molecule has 0 aliphatic rings. The predicted octanol–water partition coefficient (Wildman–Crippen LogP) is 4.85. The van der Waals surface area contributed by atoms with Gasteiger partial charge in [-0.3, -0.25) is 0 Å². The molecule has 2 rings (SSSR count). The maximum absolute atomic E-state index is 13.1. The Kier molecular flexibility index (Phi) is 6.40. The SMILES string of the molecule is Cc1ccc(OC[C@@H](C)NC(=S)Nc2ccc(F)c(Cl)c2)cc1C. The van der Waals surface area contributed by atoms with Gasteiger partial charge in [0.1, 0.15) is 18.2 Å². The summed E-state index contributed by atoms with van der Waals surface area (Å²) in [5.41, 5.74) is 3.05. The molecule has 1 atom stereocenters. The minimum atomic E-state index is -0.462. The molecule has 128 valence electrons. The Bertz CT molecular complexity index is 739. The number of ether oxygens (including phenoxy) is 1. The molecule has 0 aliphatic heterocycles. The number of hydrogen-bond donors (Lipinski definition) is 2. The van der Waals surface area contributed by atoms with E-state index in [2.05, 4.69) is 24.5 Å². The second-order valence-electron chi connectivity index (χ2n) is 5.69. The molecule has 24 heavy (non-hydrogen) atoms. The molecule has 0 heterocycles. The lowest BCUT2D eigenvalue weighted by Gasteiger charge is -2.18. The van der Waals surface area contributed by atoms with Gasteiger partial charge < -0.3 is 15.4 Å². The van der Waals surface area contributed by atoms with Crippen LogP contribution in [0.2, 0.25) is 5.02 Å². The molecule has 0 saturated heterocycles. The largest absolute Gasteiger partial charge is 0.491 e. The summed E-state index contributed by atoms with van der Waals surface area (Å²) in [5, 5.41) is 6.56. The highest BCUT2D eigenvalue weighted by Gasteiger charge is 2.07. The standard InChI is InChI=1S/C18H20ClFN2OS/c1-11-4-6-15(8-12(11)2)23-10-13(3)21-18(24)22-14-5-7-17(20)16(19)9-14/h4-9,13H,10H2,1-3H3,(H2,21,22,24)/t13-/m1/s1. The monoisotopic (exact) mass is 366 g/mol. The normalized spacial score (nSPS) is 11.7. The summed E-state index contributed by atoms with van der Waals surface area (Å²) in [4.78, 5) is 0. The number of benzene rings is 2. The summed E-state index contributed by atoms with van der Waals surface area (Å²) in [7, 11) is 0. The Morgan fingerprint density at radius 2 is 1.96 bits per heavy atom.